The van der Waals surface area contributed by atoms with Crippen molar-refractivity contribution in [1.82, 2.24) is 4.90 Å². The van der Waals surface area contributed by atoms with Crippen LogP contribution in [0, 0.1) is 17.8 Å². The van der Waals surface area contributed by atoms with E-state index in [0.717, 1.165) is 23.3 Å². The van der Waals surface area contributed by atoms with E-state index in [4.69, 9.17) is 4.74 Å². The number of nitrogens with zero attached hydrogens (tertiary/aromatic N) is 1. The Morgan fingerprint density at radius 2 is 1.36 bits per heavy atom. The van der Waals surface area contributed by atoms with Crippen molar-refractivity contribution in [1.29, 1.82) is 0 Å². The Morgan fingerprint density at radius 3 is 1.97 bits per heavy atom. The van der Waals surface area contributed by atoms with Crippen LogP contribution in [0.2, 0.25) is 0 Å². The van der Waals surface area contributed by atoms with Crippen molar-refractivity contribution in [3.8, 4) is 11.5 Å². The molecule has 1 aliphatic carbocycles. The second kappa shape index (κ2) is 11.5. The van der Waals surface area contributed by atoms with Crippen LogP contribution >= 0.6 is 0 Å². The first-order chi connectivity index (χ1) is 17.4. The molecule has 4 rings (SSSR count). The van der Waals surface area contributed by atoms with Gasteiger partial charge in [0.1, 0.15) is 11.5 Å². The van der Waals surface area contributed by atoms with Gasteiger partial charge in [-0.3, -0.25) is 14.4 Å². The standard InChI is InChI=1S/C29H29NO6/c31-27(24-18-25(28(32)33)26(24)29(34)35)30(17-7-10-20-8-3-1-4-9-20)19-21-13-15-23(16-14-21)36-22-11-5-2-6-12-22/h1-6,8-9,11-16,24-26H,7,10,17-19H2,(H,32,33)(H,34,35). The zero-order valence-corrected chi connectivity index (χ0v) is 19.8. The predicted octanol–water partition coefficient (Wildman–Crippen LogP) is 4.86. The Labute approximate surface area is 210 Å². The molecule has 36 heavy (non-hydrogen) atoms. The summed E-state index contributed by atoms with van der Waals surface area (Å²) in [6.45, 7) is 0.746. The van der Waals surface area contributed by atoms with E-state index < -0.39 is 29.7 Å². The highest BCUT2D eigenvalue weighted by atomic mass is 16.5. The number of carboxylic acids is 2. The fraction of sp³-hybridized carbons (Fsp3) is 0.276. The van der Waals surface area contributed by atoms with Crippen LogP contribution < -0.4 is 4.74 Å². The Kier molecular flexibility index (Phi) is 8.00. The van der Waals surface area contributed by atoms with Crippen molar-refractivity contribution in [3.05, 3.63) is 96.1 Å². The molecule has 186 valence electrons. The molecule has 7 heteroatoms. The van der Waals surface area contributed by atoms with Crippen molar-refractivity contribution in [2.45, 2.75) is 25.8 Å². The molecule has 0 heterocycles. The summed E-state index contributed by atoms with van der Waals surface area (Å²) < 4.78 is 5.84. The number of carboxylic acid groups (broad SMARTS) is 2. The van der Waals surface area contributed by atoms with Crippen LogP contribution in [0.25, 0.3) is 0 Å². The lowest BCUT2D eigenvalue weighted by Crippen LogP contribution is -2.53. The van der Waals surface area contributed by atoms with Crippen LogP contribution in [0.3, 0.4) is 0 Å². The van der Waals surface area contributed by atoms with Crippen LogP contribution in [0.1, 0.15) is 24.0 Å². The van der Waals surface area contributed by atoms with Crippen LogP contribution in [0.15, 0.2) is 84.9 Å². The summed E-state index contributed by atoms with van der Waals surface area (Å²) in [6.07, 6.45) is 1.53. The SMILES string of the molecule is O=C(O)C1CC(C(=O)N(CCCc2ccccc2)Cc2ccc(Oc3ccccc3)cc2)C1C(=O)O. The number of amides is 1. The number of aryl methyl sites for hydroxylation is 1. The van der Waals surface area contributed by atoms with Gasteiger partial charge in [0.2, 0.25) is 5.91 Å². The van der Waals surface area contributed by atoms with E-state index in [0.29, 0.717) is 25.3 Å². The number of aliphatic carboxylic acids is 2. The third-order valence-electron chi connectivity index (χ3n) is 6.62. The van der Waals surface area contributed by atoms with E-state index in [1.807, 2.05) is 84.9 Å². The number of carbonyl (C=O) groups is 3. The number of carbonyl (C=O) groups excluding carboxylic acids is 1. The topological polar surface area (TPSA) is 104 Å². The fourth-order valence-corrected chi connectivity index (χ4v) is 4.63. The highest BCUT2D eigenvalue weighted by Crippen LogP contribution is 2.42. The van der Waals surface area contributed by atoms with Gasteiger partial charge >= 0.3 is 11.9 Å². The first-order valence-electron chi connectivity index (χ1n) is 12.0. The quantitative estimate of drug-likeness (QED) is 0.400. The second-order valence-corrected chi connectivity index (χ2v) is 9.06. The molecule has 3 aromatic rings. The minimum Gasteiger partial charge on any atom is -0.481 e. The van der Waals surface area contributed by atoms with Crippen LogP contribution in [-0.4, -0.2) is 39.5 Å². The van der Waals surface area contributed by atoms with Crippen LogP contribution in [-0.2, 0) is 27.3 Å². The van der Waals surface area contributed by atoms with E-state index in [1.54, 1.807) is 4.90 Å². The maximum Gasteiger partial charge on any atom is 0.308 e. The van der Waals surface area contributed by atoms with Gasteiger partial charge in [-0.1, -0.05) is 60.7 Å². The molecule has 0 radical (unpaired) electrons. The summed E-state index contributed by atoms with van der Waals surface area (Å²) in [6, 6.07) is 26.8. The van der Waals surface area contributed by atoms with Gasteiger partial charge in [0.15, 0.2) is 0 Å². The molecule has 1 saturated carbocycles. The molecule has 1 fully saturated rings. The highest BCUT2D eigenvalue weighted by Gasteiger charge is 2.54. The molecule has 0 aliphatic heterocycles. The van der Waals surface area contributed by atoms with Gasteiger partial charge in [0.05, 0.1) is 17.8 Å². The lowest BCUT2D eigenvalue weighted by molar-refractivity contribution is -0.172. The molecule has 3 aromatic carbocycles. The molecule has 0 bridgehead atoms. The van der Waals surface area contributed by atoms with Gasteiger partial charge in [-0.15, -0.1) is 0 Å². The summed E-state index contributed by atoms with van der Waals surface area (Å²) in [4.78, 5) is 38.2. The monoisotopic (exact) mass is 487 g/mol. The van der Waals surface area contributed by atoms with E-state index in [2.05, 4.69) is 0 Å². The molecule has 3 unspecified atom stereocenters. The summed E-state index contributed by atoms with van der Waals surface area (Å²) in [7, 11) is 0. The van der Waals surface area contributed by atoms with Gasteiger partial charge in [-0.2, -0.15) is 0 Å². The van der Waals surface area contributed by atoms with Crippen LogP contribution in [0.4, 0.5) is 0 Å². The van der Waals surface area contributed by atoms with Gasteiger partial charge < -0.3 is 19.8 Å². The predicted molar refractivity (Wildman–Crippen MR) is 133 cm³/mol. The molecule has 0 spiro atoms. The van der Waals surface area contributed by atoms with Gasteiger partial charge in [-0.05, 0) is 54.7 Å². The molecule has 3 atom stereocenters. The number of rotatable bonds is 11. The molecule has 0 aromatic heterocycles. The molecular formula is C29H29NO6. The Morgan fingerprint density at radius 1 is 0.750 bits per heavy atom. The third-order valence-corrected chi connectivity index (χ3v) is 6.62. The van der Waals surface area contributed by atoms with E-state index in [1.165, 1.54) is 0 Å². The smallest absolute Gasteiger partial charge is 0.308 e. The second-order valence-electron chi connectivity index (χ2n) is 9.06. The van der Waals surface area contributed by atoms with Crippen molar-refractivity contribution in [2.24, 2.45) is 17.8 Å². The molecule has 0 saturated heterocycles. The van der Waals surface area contributed by atoms with Crippen molar-refractivity contribution < 1.29 is 29.3 Å². The highest BCUT2D eigenvalue weighted by molar-refractivity contribution is 5.91. The molecule has 2 N–H and O–H groups in total. The molecule has 1 aliphatic rings. The summed E-state index contributed by atoms with van der Waals surface area (Å²) in [5.41, 5.74) is 2.04. The minimum absolute atomic E-state index is 0.0458. The van der Waals surface area contributed by atoms with Gasteiger partial charge in [0, 0.05) is 13.1 Å². The maximum absolute atomic E-state index is 13.4. The van der Waals surface area contributed by atoms with Gasteiger partial charge in [0.25, 0.3) is 0 Å². The minimum atomic E-state index is -1.24. The van der Waals surface area contributed by atoms with Crippen molar-refractivity contribution >= 4 is 17.8 Å². The van der Waals surface area contributed by atoms with Crippen LogP contribution in [0.5, 0.6) is 11.5 Å². The Hall–Kier alpha value is -4.13. The number of hydrogen-bond acceptors (Lipinski definition) is 4. The summed E-state index contributed by atoms with van der Waals surface area (Å²) in [5, 5.41) is 18.9. The number of para-hydroxylation sites is 1. The summed E-state index contributed by atoms with van der Waals surface area (Å²) in [5.74, 6) is -4.39. The zero-order valence-electron chi connectivity index (χ0n) is 19.8. The van der Waals surface area contributed by atoms with Crippen molar-refractivity contribution in [2.75, 3.05) is 6.54 Å². The molecule has 1 amide bonds. The normalized spacial score (nSPS) is 18.6. The maximum atomic E-state index is 13.4. The lowest BCUT2D eigenvalue weighted by Gasteiger charge is -2.41. The van der Waals surface area contributed by atoms with Gasteiger partial charge in [-0.25, -0.2) is 0 Å². The first kappa shape index (κ1) is 25.0. The third kappa shape index (κ3) is 6.10. The van der Waals surface area contributed by atoms with E-state index >= 15 is 0 Å². The fourth-order valence-electron chi connectivity index (χ4n) is 4.63. The Bertz CT molecular complexity index is 1180. The molecule has 7 nitrogen and oxygen atoms in total. The number of benzene rings is 3. The van der Waals surface area contributed by atoms with E-state index in [-0.39, 0.29) is 12.3 Å². The summed E-state index contributed by atoms with van der Waals surface area (Å²) >= 11 is 0. The largest absolute Gasteiger partial charge is 0.481 e. The average Bonchev–Trinajstić information content (AvgIpc) is 2.84. The van der Waals surface area contributed by atoms with E-state index in [9.17, 15) is 24.6 Å². The van der Waals surface area contributed by atoms with Crippen molar-refractivity contribution in [3.63, 3.8) is 0 Å². The lowest BCUT2D eigenvalue weighted by atomic mass is 9.64. The first-order valence-corrected chi connectivity index (χ1v) is 12.0. The Balaban J connectivity index is 1.46. The molecular weight excluding hydrogens is 458 g/mol. The number of ether oxygens (including phenoxy) is 1. The zero-order chi connectivity index (χ0) is 25.5. The number of hydrogen-bond donors (Lipinski definition) is 2. The average molecular weight is 488 g/mol.